The minimum absolute atomic E-state index is 0.113. The van der Waals surface area contributed by atoms with E-state index in [1.165, 1.54) is 11.3 Å². The summed E-state index contributed by atoms with van der Waals surface area (Å²) >= 11 is 1.34. The van der Waals surface area contributed by atoms with E-state index in [4.69, 9.17) is 5.11 Å². The SMILES string of the molecule is Cc1sc(CO)cc1S(=O)(=O)N1CC(C)C(N(C)C)C1. The fourth-order valence-corrected chi connectivity index (χ4v) is 5.79. The highest BCUT2D eigenvalue weighted by molar-refractivity contribution is 7.89. The van der Waals surface area contributed by atoms with Crippen LogP contribution < -0.4 is 0 Å². The average molecular weight is 318 g/mol. The molecule has 7 heteroatoms. The lowest BCUT2D eigenvalue weighted by molar-refractivity contribution is 0.263. The van der Waals surface area contributed by atoms with Gasteiger partial charge >= 0.3 is 0 Å². The first-order valence-corrected chi connectivity index (χ1v) is 8.89. The number of aliphatic hydroxyl groups is 1. The smallest absolute Gasteiger partial charge is 0.244 e. The average Bonchev–Trinajstić information content (AvgIpc) is 2.93. The second-order valence-electron chi connectivity index (χ2n) is 5.62. The number of aryl methyl sites for hydroxylation is 1. The monoisotopic (exact) mass is 318 g/mol. The highest BCUT2D eigenvalue weighted by Gasteiger charge is 2.39. The Kier molecular flexibility index (Phi) is 4.56. The number of nitrogens with zero attached hydrogens (tertiary/aromatic N) is 2. The third kappa shape index (κ3) is 2.78. The van der Waals surface area contributed by atoms with Crippen molar-refractivity contribution in [3.05, 3.63) is 15.8 Å². The van der Waals surface area contributed by atoms with Crippen LogP contribution in [0.1, 0.15) is 16.7 Å². The summed E-state index contributed by atoms with van der Waals surface area (Å²) in [4.78, 5) is 3.87. The normalized spacial score (nSPS) is 24.7. The molecule has 5 nitrogen and oxygen atoms in total. The van der Waals surface area contributed by atoms with Gasteiger partial charge in [0.1, 0.15) is 0 Å². The Balaban J connectivity index is 2.30. The number of hydrogen-bond acceptors (Lipinski definition) is 5. The molecule has 114 valence electrons. The molecule has 0 aliphatic carbocycles. The fourth-order valence-electron chi connectivity index (χ4n) is 2.77. The van der Waals surface area contributed by atoms with Crippen LogP contribution in [0.25, 0.3) is 0 Å². The fraction of sp³-hybridized carbons (Fsp3) is 0.692. The molecule has 0 radical (unpaired) electrons. The van der Waals surface area contributed by atoms with E-state index in [1.54, 1.807) is 17.3 Å². The first-order valence-electron chi connectivity index (χ1n) is 6.64. The molecular formula is C13H22N2O3S2. The molecule has 1 N–H and O–H groups in total. The van der Waals surface area contributed by atoms with Gasteiger partial charge in [-0.3, -0.25) is 0 Å². The maximum Gasteiger partial charge on any atom is 0.244 e. The molecular weight excluding hydrogens is 296 g/mol. The van der Waals surface area contributed by atoms with Crippen LogP contribution in [-0.2, 0) is 16.6 Å². The molecule has 1 saturated heterocycles. The van der Waals surface area contributed by atoms with Crippen molar-refractivity contribution in [1.82, 2.24) is 9.21 Å². The van der Waals surface area contributed by atoms with Crippen molar-refractivity contribution >= 4 is 21.4 Å². The van der Waals surface area contributed by atoms with Crippen molar-refractivity contribution in [2.75, 3.05) is 27.2 Å². The summed E-state index contributed by atoms with van der Waals surface area (Å²) in [6.45, 7) is 4.84. The van der Waals surface area contributed by atoms with Gasteiger partial charge in [0.25, 0.3) is 0 Å². The van der Waals surface area contributed by atoms with Crippen molar-refractivity contribution in [3.8, 4) is 0 Å². The topological polar surface area (TPSA) is 60.9 Å². The Bertz CT molecular complexity index is 580. The van der Waals surface area contributed by atoms with Gasteiger partial charge in [-0.05, 0) is 33.0 Å². The number of aliphatic hydroxyl groups excluding tert-OH is 1. The summed E-state index contributed by atoms with van der Waals surface area (Å²) in [5.74, 6) is 0.316. The van der Waals surface area contributed by atoms with Gasteiger partial charge in [0.2, 0.25) is 10.0 Å². The van der Waals surface area contributed by atoms with E-state index in [9.17, 15) is 8.42 Å². The highest BCUT2D eigenvalue weighted by atomic mass is 32.2. The van der Waals surface area contributed by atoms with Gasteiger partial charge in [-0.1, -0.05) is 6.92 Å². The van der Waals surface area contributed by atoms with E-state index in [0.29, 0.717) is 28.8 Å². The molecule has 1 aromatic heterocycles. The summed E-state index contributed by atoms with van der Waals surface area (Å²) in [6, 6.07) is 1.85. The van der Waals surface area contributed by atoms with Crippen molar-refractivity contribution in [3.63, 3.8) is 0 Å². The predicted octanol–water partition coefficient (Wildman–Crippen LogP) is 1.12. The predicted molar refractivity (Wildman–Crippen MR) is 80.4 cm³/mol. The standard InChI is InChI=1S/C13H22N2O3S2/c1-9-6-15(7-12(9)14(3)4)20(17,18)13-5-11(8-16)19-10(13)2/h5,9,12,16H,6-8H2,1-4H3. The lowest BCUT2D eigenvalue weighted by atomic mass is 10.1. The molecule has 2 atom stereocenters. The maximum absolute atomic E-state index is 12.7. The summed E-state index contributed by atoms with van der Waals surface area (Å²) in [5.41, 5.74) is 0. The van der Waals surface area contributed by atoms with Gasteiger partial charge in [-0.2, -0.15) is 4.31 Å². The Labute approximate surface area is 124 Å². The van der Waals surface area contributed by atoms with Crippen LogP contribution in [0, 0.1) is 12.8 Å². The lowest BCUT2D eigenvalue weighted by Gasteiger charge is -2.22. The van der Waals surface area contributed by atoms with E-state index in [1.807, 2.05) is 14.1 Å². The summed E-state index contributed by atoms with van der Waals surface area (Å²) in [6.07, 6.45) is 0. The molecule has 2 rings (SSSR count). The third-order valence-electron chi connectivity index (χ3n) is 3.90. The maximum atomic E-state index is 12.7. The number of rotatable bonds is 4. The quantitative estimate of drug-likeness (QED) is 0.904. The van der Waals surface area contributed by atoms with Gasteiger partial charge in [-0.25, -0.2) is 8.42 Å². The van der Waals surface area contributed by atoms with E-state index < -0.39 is 10.0 Å². The molecule has 2 unspecified atom stereocenters. The molecule has 1 aliphatic rings. The van der Waals surface area contributed by atoms with E-state index >= 15 is 0 Å². The molecule has 0 amide bonds. The first kappa shape index (κ1) is 15.9. The van der Waals surface area contributed by atoms with Crippen LogP contribution in [0.4, 0.5) is 0 Å². The molecule has 0 bridgehead atoms. The van der Waals surface area contributed by atoms with Gasteiger partial charge in [-0.15, -0.1) is 11.3 Å². The number of sulfonamides is 1. The van der Waals surface area contributed by atoms with Crippen molar-refractivity contribution in [2.45, 2.75) is 31.4 Å². The third-order valence-corrected chi connectivity index (χ3v) is 7.02. The summed E-state index contributed by atoms with van der Waals surface area (Å²) in [7, 11) is 0.514. The van der Waals surface area contributed by atoms with Crippen molar-refractivity contribution in [1.29, 1.82) is 0 Å². The number of thiophene rings is 1. The van der Waals surface area contributed by atoms with Crippen LogP contribution in [0.2, 0.25) is 0 Å². The molecule has 0 aromatic carbocycles. The van der Waals surface area contributed by atoms with Gasteiger partial charge < -0.3 is 10.0 Å². The zero-order valence-electron chi connectivity index (χ0n) is 12.3. The minimum Gasteiger partial charge on any atom is -0.391 e. The number of hydrogen-bond donors (Lipinski definition) is 1. The van der Waals surface area contributed by atoms with Crippen LogP contribution in [0.15, 0.2) is 11.0 Å². The zero-order valence-corrected chi connectivity index (χ0v) is 14.0. The second kappa shape index (κ2) is 5.73. The van der Waals surface area contributed by atoms with E-state index in [-0.39, 0.29) is 12.6 Å². The van der Waals surface area contributed by atoms with Crippen LogP contribution in [0.3, 0.4) is 0 Å². The molecule has 0 saturated carbocycles. The minimum atomic E-state index is -3.45. The lowest BCUT2D eigenvalue weighted by Crippen LogP contribution is -2.35. The van der Waals surface area contributed by atoms with Gasteiger partial charge in [0, 0.05) is 28.9 Å². The Hall–Kier alpha value is -0.470. The Morgan fingerprint density at radius 2 is 2.10 bits per heavy atom. The highest BCUT2D eigenvalue weighted by Crippen LogP contribution is 2.32. The van der Waals surface area contributed by atoms with Crippen molar-refractivity contribution < 1.29 is 13.5 Å². The van der Waals surface area contributed by atoms with Gasteiger partial charge in [0.05, 0.1) is 11.5 Å². The Morgan fingerprint density at radius 3 is 2.55 bits per heavy atom. The second-order valence-corrected chi connectivity index (χ2v) is 8.87. The molecule has 2 heterocycles. The molecule has 20 heavy (non-hydrogen) atoms. The van der Waals surface area contributed by atoms with E-state index in [2.05, 4.69) is 11.8 Å². The first-order chi connectivity index (χ1) is 9.27. The molecule has 0 spiro atoms. The van der Waals surface area contributed by atoms with Gasteiger partial charge in [0.15, 0.2) is 0 Å². The van der Waals surface area contributed by atoms with E-state index in [0.717, 1.165) is 4.88 Å². The van der Waals surface area contributed by atoms with Crippen LogP contribution in [0.5, 0.6) is 0 Å². The summed E-state index contributed by atoms with van der Waals surface area (Å²) < 4.78 is 27.0. The number of likely N-dealkylation sites (N-methyl/N-ethyl adjacent to an activating group) is 1. The largest absolute Gasteiger partial charge is 0.391 e. The van der Waals surface area contributed by atoms with Crippen LogP contribution in [-0.4, -0.2) is 56.0 Å². The zero-order chi connectivity index (χ0) is 15.1. The summed E-state index contributed by atoms with van der Waals surface area (Å²) in [5, 5.41) is 9.16. The van der Waals surface area contributed by atoms with Crippen LogP contribution >= 0.6 is 11.3 Å². The van der Waals surface area contributed by atoms with Crippen molar-refractivity contribution in [2.24, 2.45) is 5.92 Å². The Morgan fingerprint density at radius 1 is 1.45 bits per heavy atom. The molecule has 1 fully saturated rings. The molecule has 1 aromatic rings. The molecule has 1 aliphatic heterocycles.